The van der Waals surface area contributed by atoms with Crippen LogP contribution < -0.4 is 4.90 Å². The summed E-state index contributed by atoms with van der Waals surface area (Å²) in [6.45, 7) is 6.15. The van der Waals surface area contributed by atoms with Gasteiger partial charge in [0.25, 0.3) is 0 Å². The van der Waals surface area contributed by atoms with E-state index in [1.54, 1.807) is 0 Å². The molecule has 9 nitrogen and oxygen atoms in total. The summed E-state index contributed by atoms with van der Waals surface area (Å²) in [5.41, 5.74) is 1.18. The molecule has 31 heavy (non-hydrogen) atoms. The lowest BCUT2D eigenvalue weighted by Gasteiger charge is -2.39. The molecule has 0 saturated carbocycles. The van der Waals surface area contributed by atoms with Gasteiger partial charge in [-0.25, -0.2) is 9.59 Å². The molecular formula is C22H32N4O5. The summed E-state index contributed by atoms with van der Waals surface area (Å²) in [5, 5.41) is 8.79. The summed E-state index contributed by atoms with van der Waals surface area (Å²) in [4.78, 5) is 34.2. The van der Waals surface area contributed by atoms with Crippen molar-refractivity contribution in [1.29, 1.82) is 0 Å². The van der Waals surface area contributed by atoms with Crippen LogP contribution in [-0.2, 0) is 9.47 Å². The van der Waals surface area contributed by atoms with Gasteiger partial charge in [0.1, 0.15) is 12.2 Å². The van der Waals surface area contributed by atoms with Gasteiger partial charge in [0.05, 0.1) is 6.04 Å². The van der Waals surface area contributed by atoms with Gasteiger partial charge in [-0.1, -0.05) is 6.92 Å². The van der Waals surface area contributed by atoms with Crippen LogP contribution in [0.3, 0.4) is 0 Å². The van der Waals surface area contributed by atoms with Crippen LogP contribution in [0.5, 0.6) is 0 Å². The van der Waals surface area contributed by atoms with Gasteiger partial charge in [-0.2, -0.15) is 0 Å². The number of carbonyl (C=O) groups is 2. The largest absolute Gasteiger partial charge is 0.506 e. The molecule has 1 aromatic heterocycles. The van der Waals surface area contributed by atoms with E-state index in [9.17, 15) is 9.59 Å². The first-order chi connectivity index (χ1) is 15.0. The summed E-state index contributed by atoms with van der Waals surface area (Å²) >= 11 is 0. The van der Waals surface area contributed by atoms with Gasteiger partial charge in [-0.3, -0.25) is 14.8 Å². The number of nitrogens with zero attached hydrogens (tertiary/aromatic N) is 4. The maximum Gasteiger partial charge on any atom is 0.506 e. The minimum Gasteiger partial charge on any atom is -0.450 e. The van der Waals surface area contributed by atoms with Gasteiger partial charge in [0, 0.05) is 56.8 Å². The van der Waals surface area contributed by atoms with Gasteiger partial charge in [-0.05, 0) is 44.2 Å². The number of hydrogen-bond acceptors (Lipinski definition) is 7. The van der Waals surface area contributed by atoms with E-state index < -0.39 is 6.16 Å². The van der Waals surface area contributed by atoms with E-state index >= 15 is 0 Å². The second-order valence-electron chi connectivity index (χ2n) is 8.61. The third-order valence-corrected chi connectivity index (χ3v) is 6.79. The molecule has 0 radical (unpaired) electrons. The number of likely N-dealkylation sites (tertiary alicyclic amines) is 1. The highest BCUT2D eigenvalue weighted by Crippen LogP contribution is 2.31. The molecule has 3 saturated heterocycles. The SMILES string of the molecule is CCC1C(CN2CCC(OC(=O)O)CC2)OC(=O)N1C1CCN(c2ccncc2)CC1. The quantitative estimate of drug-likeness (QED) is 0.686. The minimum absolute atomic E-state index is 0.0815. The molecule has 4 rings (SSSR count). The summed E-state index contributed by atoms with van der Waals surface area (Å²) in [6, 6.07) is 4.34. The van der Waals surface area contributed by atoms with Crippen molar-refractivity contribution in [3.8, 4) is 0 Å². The Hall–Kier alpha value is -2.55. The molecule has 3 fully saturated rings. The number of anilines is 1. The Morgan fingerprint density at radius 2 is 1.84 bits per heavy atom. The monoisotopic (exact) mass is 432 g/mol. The number of carboxylic acid groups (broad SMARTS) is 1. The summed E-state index contributed by atoms with van der Waals surface area (Å²) < 4.78 is 10.7. The van der Waals surface area contributed by atoms with Crippen LogP contribution in [-0.4, -0.2) is 89.2 Å². The molecule has 0 bridgehead atoms. The maximum atomic E-state index is 12.8. The molecule has 3 aliphatic rings. The van der Waals surface area contributed by atoms with Crippen molar-refractivity contribution in [1.82, 2.24) is 14.8 Å². The number of aromatic nitrogens is 1. The first kappa shape index (κ1) is 21.7. The van der Waals surface area contributed by atoms with Crippen molar-refractivity contribution >= 4 is 17.9 Å². The Morgan fingerprint density at radius 1 is 1.16 bits per heavy atom. The highest BCUT2D eigenvalue weighted by atomic mass is 16.7. The van der Waals surface area contributed by atoms with E-state index in [1.807, 2.05) is 29.4 Å². The fourth-order valence-electron chi connectivity index (χ4n) is 5.19. The fraction of sp³-hybridized carbons (Fsp3) is 0.682. The summed E-state index contributed by atoms with van der Waals surface area (Å²) in [5.74, 6) is 0. The Morgan fingerprint density at radius 3 is 2.45 bits per heavy atom. The fourth-order valence-corrected chi connectivity index (χ4v) is 5.19. The van der Waals surface area contributed by atoms with E-state index in [-0.39, 0.29) is 30.4 Å². The normalized spacial score (nSPS) is 26.2. The smallest absolute Gasteiger partial charge is 0.450 e. The van der Waals surface area contributed by atoms with Crippen LogP contribution in [0.1, 0.15) is 39.0 Å². The molecule has 4 heterocycles. The Balaban J connectivity index is 1.31. The van der Waals surface area contributed by atoms with Gasteiger partial charge in [0.15, 0.2) is 0 Å². The second-order valence-corrected chi connectivity index (χ2v) is 8.61. The molecule has 170 valence electrons. The lowest BCUT2D eigenvalue weighted by molar-refractivity contribution is 0.0100. The van der Waals surface area contributed by atoms with E-state index in [0.29, 0.717) is 19.4 Å². The third kappa shape index (κ3) is 5.03. The first-order valence-corrected chi connectivity index (χ1v) is 11.3. The molecular weight excluding hydrogens is 400 g/mol. The van der Waals surface area contributed by atoms with Crippen LogP contribution >= 0.6 is 0 Å². The summed E-state index contributed by atoms with van der Waals surface area (Å²) in [6.07, 6.45) is 5.93. The number of ether oxygens (including phenoxy) is 2. The van der Waals surface area contributed by atoms with E-state index in [0.717, 1.165) is 45.4 Å². The lowest BCUT2D eigenvalue weighted by atomic mass is 9.98. The number of rotatable bonds is 6. The number of pyridine rings is 1. The van der Waals surface area contributed by atoms with Crippen molar-refractivity contribution in [3.05, 3.63) is 24.5 Å². The second kappa shape index (κ2) is 9.72. The molecule has 0 aromatic carbocycles. The van der Waals surface area contributed by atoms with Crippen LogP contribution in [0.4, 0.5) is 15.3 Å². The van der Waals surface area contributed by atoms with E-state index in [2.05, 4.69) is 21.7 Å². The highest BCUT2D eigenvalue weighted by molar-refractivity contribution is 5.71. The van der Waals surface area contributed by atoms with Crippen molar-refractivity contribution in [2.45, 2.75) is 63.3 Å². The van der Waals surface area contributed by atoms with E-state index in [4.69, 9.17) is 14.6 Å². The molecule has 1 amide bonds. The predicted octanol–water partition coefficient (Wildman–Crippen LogP) is 2.81. The third-order valence-electron chi connectivity index (χ3n) is 6.79. The molecule has 2 atom stereocenters. The molecule has 9 heteroatoms. The average molecular weight is 433 g/mol. The zero-order valence-corrected chi connectivity index (χ0v) is 18.1. The molecule has 0 aliphatic carbocycles. The van der Waals surface area contributed by atoms with Crippen molar-refractivity contribution in [2.24, 2.45) is 0 Å². The number of amides is 1. The maximum absolute atomic E-state index is 12.8. The van der Waals surface area contributed by atoms with Crippen molar-refractivity contribution in [3.63, 3.8) is 0 Å². The predicted molar refractivity (Wildman–Crippen MR) is 114 cm³/mol. The van der Waals surface area contributed by atoms with Gasteiger partial charge in [-0.15, -0.1) is 0 Å². The molecule has 1 aromatic rings. The zero-order valence-electron chi connectivity index (χ0n) is 18.1. The van der Waals surface area contributed by atoms with Crippen molar-refractivity contribution in [2.75, 3.05) is 37.6 Å². The average Bonchev–Trinajstić information content (AvgIpc) is 3.10. The van der Waals surface area contributed by atoms with Crippen molar-refractivity contribution < 1.29 is 24.2 Å². The Bertz CT molecular complexity index is 748. The standard InChI is InChI=1S/C22H32N4O5/c1-2-19-20(15-24-11-7-18(8-12-24)30-22(28)29)31-21(27)26(19)17-5-13-25(14-6-17)16-3-9-23-10-4-16/h3-4,9-10,17-20H,2,5-8,11-15H2,1H3,(H,28,29). The number of hydrogen-bond donors (Lipinski definition) is 1. The van der Waals surface area contributed by atoms with Gasteiger partial charge < -0.3 is 19.5 Å². The number of cyclic esters (lactones) is 1. The van der Waals surface area contributed by atoms with Gasteiger partial charge in [0.2, 0.25) is 0 Å². The number of carbonyl (C=O) groups excluding carboxylic acids is 1. The highest BCUT2D eigenvalue weighted by Gasteiger charge is 2.45. The molecule has 0 spiro atoms. The van der Waals surface area contributed by atoms with E-state index in [1.165, 1.54) is 5.69 Å². The topological polar surface area (TPSA) is 95.4 Å². The zero-order chi connectivity index (χ0) is 21.8. The minimum atomic E-state index is -1.21. The lowest BCUT2D eigenvalue weighted by Crippen LogP contribution is -2.51. The Labute approximate surface area is 182 Å². The van der Waals surface area contributed by atoms with Gasteiger partial charge >= 0.3 is 12.2 Å². The van der Waals surface area contributed by atoms with Crippen LogP contribution in [0, 0.1) is 0 Å². The first-order valence-electron chi connectivity index (χ1n) is 11.3. The molecule has 1 N–H and O–H groups in total. The van der Waals surface area contributed by atoms with Crippen LogP contribution in [0.2, 0.25) is 0 Å². The molecule has 3 aliphatic heterocycles. The van der Waals surface area contributed by atoms with Crippen LogP contribution in [0.15, 0.2) is 24.5 Å². The Kier molecular flexibility index (Phi) is 6.80. The summed E-state index contributed by atoms with van der Waals surface area (Å²) in [7, 11) is 0. The molecule has 2 unspecified atom stereocenters. The van der Waals surface area contributed by atoms with Crippen LogP contribution in [0.25, 0.3) is 0 Å². The number of piperidine rings is 2.